The molecule has 1 amide bonds. The quantitative estimate of drug-likeness (QED) is 0.194. The highest BCUT2D eigenvalue weighted by Crippen LogP contribution is 2.38. The number of benzene rings is 2. The first-order valence-corrected chi connectivity index (χ1v) is 11.8. The lowest BCUT2D eigenvalue weighted by Gasteiger charge is -2.29. The summed E-state index contributed by atoms with van der Waals surface area (Å²) in [5, 5.41) is 16.7. The predicted octanol–water partition coefficient (Wildman–Crippen LogP) is 6.56. The summed E-state index contributed by atoms with van der Waals surface area (Å²) in [6.07, 6.45) is -7.48. The van der Waals surface area contributed by atoms with Gasteiger partial charge in [-0.2, -0.15) is 26.3 Å². The molecule has 0 saturated heterocycles. The van der Waals surface area contributed by atoms with Gasteiger partial charge in [0, 0.05) is 23.2 Å². The molecule has 0 aliphatic heterocycles. The average molecular weight is 556 g/mol. The number of nitrogens with one attached hydrogen (secondary N) is 2. The Balaban J connectivity index is 1.26. The standard InChI is InChI=1S/C25H22F6N4O4/c26-24(27,28)15-2-8-20-14(11-15)1-10-22(33-20)34-23(36)13-39-18-6-3-16(4-7-18)32-17-5-9-21(35(37)38)19(12-17)25(29,30)31/h1-2,5,8-12,16,18,32H,3-4,6-7,13H2,(H,33,34,36)/t16-,18-. The van der Waals surface area contributed by atoms with E-state index in [4.69, 9.17) is 4.74 Å². The largest absolute Gasteiger partial charge is 0.423 e. The number of fused-ring (bicyclic) bond motifs is 1. The Morgan fingerprint density at radius 1 is 0.974 bits per heavy atom. The molecule has 0 radical (unpaired) electrons. The number of alkyl halides is 6. The second-order valence-corrected chi connectivity index (χ2v) is 9.07. The van der Waals surface area contributed by atoms with E-state index in [0.29, 0.717) is 25.7 Å². The van der Waals surface area contributed by atoms with Crippen molar-refractivity contribution >= 4 is 34.0 Å². The molecule has 8 nitrogen and oxygen atoms in total. The Morgan fingerprint density at radius 3 is 2.33 bits per heavy atom. The number of amides is 1. The highest BCUT2D eigenvalue weighted by molar-refractivity contribution is 5.92. The number of aromatic nitrogens is 1. The summed E-state index contributed by atoms with van der Waals surface area (Å²) in [5.41, 5.74) is -2.74. The number of hydrogen-bond acceptors (Lipinski definition) is 6. The minimum Gasteiger partial charge on any atom is -0.382 e. The zero-order valence-corrected chi connectivity index (χ0v) is 20.1. The van der Waals surface area contributed by atoms with Crippen molar-refractivity contribution in [1.82, 2.24) is 4.98 Å². The Bertz CT molecular complexity index is 1370. The fourth-order valence-corrected chi connectivity index (χ4v) is 4.37. The summed E-state index contributed by atoms with van der Waals surface area (Å²) >= 11 is 0. The van der Waals surface area contributed by atoms with Crippen LogP contribution >= 0.6 is 0 Å². The van der Waals surface area contributed by atoms with Crippen LogP contribution in [0.15, 0.2) is 48.5 Å². The van der Waals surface area contributed by atoms with Crippen molar-refractivity contribution < 1.29 is 40.8 Å². The lowest BCUT2D eigenvalue weighted by atomic mass is 9.92. The van der Waals surface area contributed by atoms with Crippen molar-refractivity contribution in [3.05, 3.63) is 69.8 Å². The van der Waals surface area contributed by atoms with E-state index < -0.39 is 40.0 Å². The molecule has 1 aromatic heterocycles. The summed E-state index contributed by atoms with van der Waals surface area (Å²) in [6.45, 7) is -0.285. The third-order valence-electron chi connectivity index (χ3n) is 6.28. The molecule has 1 heterocycles. The van der Waals surface area contributed by atoms with Gasteiger partial charge in [0.15, 0.2) is 0 Å². The Labute approximate surface area is 217 Å². The van der Waals surface area contributed by atoms with E-state index in [2.05, 4.69) is 15.6 Å². The van der Waals surface area contributed by atoms with Gasteiger partial charge in [0.2, 0.25) is 0 Å². The number of halogens is 6. The molecule has 1 aliphatic carbocycles. The molecular weight excluding hydrogens is 534 g/mol. The number of nitro groups is 1. The zero-order valence-electron chi connectivity index (χ0n) is 20.1. The SMILES string of the molecule is O=C(CO[C@H]1CC[C@H](Nc2ccc([N+](=O)[O-])c(C(F)(F)F)c2)CC1)Nc1ccc2cc(C(F)(F)F)ccc2n1. The topological polar surface area (TPSA) is 106 Å². The third kappa shape index (κ3) is 7.13. The monoisotopic (exact) mass is 556 g/mol. The highest BCUT2D eigenvalue weighted by atomic mass is 19.4. The highest BCUT2D eigenvalue weighted by Gasteiger charge is 2.38. The first-order valence-electron chi connectivity index (χ1n) is 11.8. The maximum atomic E-state index is 13.2. The van der Waals surface area contributed by atoms with Crippen molar-refractivity contribution in [2.24, 2.45) is 0 Å². The van der Waals surface area contributed by atoms with Crippen molar-refractivity contribution in [2.75, 3.05) is 17.2 Å². The molecule has 39 heavy (non-hydrogen) atoms. The summed E-state index contributed by atoms with van der Waals surface area (Å²) in [6, 6.07) is 8.51. The van der Waals surface area contributed by atoms with Gasteiger partial charge in [0.1, 0.15) is 18.0 Å². The van der Waals surface area contributed by atoms with Crippen LogP contribution in [0.4, 0.5) is 43.5 Å². The molecule has 0 spiro atoms. The van der Waals surface area contributed by atoms with E-state index in [-0.39, 0.29) is 41.2 Å². The third-order valence-corrected chi connectivity index (χ3v) is 6.28. The van der Waals surface area contributed by atoms with Gasteiger partial charge < -0.3 is 15.4 Å². The molecule has 1 fully saturated rings. The van der Waals surface area contributed by atoms with Gasteiger partial charge in [-0.25, -0.2) is 4.98 Å². The van der Waals surface area contributed by atoms with E-state index in [1.807, 2.05) is 0 Å². The number of anilines is 2. The maximum absolute atomic E-state index is 13.2. The molecule has 1 aliphatic rings. The number of nitro benzene ring substituents is 1. The van der Waals surface area contributed by atoms with Crippen LogP contribution < -0.4 is 10.6 Å². The number of carbonyl (C=O) groups excluding carboxylic acids is 1. The fourth-order valence-electron chi connectivity index (χ4n) is 4.37. The van der Waals surface area contributed by atoms with Crippen LogP contribution in [0.25, 0.3) is 10.9 Å². The van der Waals surface area contributed by atoms with E-state index in [1.165, 1.54) is 24.3 Å². The molecule has 0 atom stereocenters. The molecule has 0 bridgehead atoms. The number of ether oxygens (including phenoxy) is 1. The molecular formula is C25H22F6N4O4. The number of pyridine rings is 1. The van der Waals surface area contributed by atoms with Gasteiger partial charge in [-0.1, -0.05) is 0 Å². The molecule has 2 N–H and O–H groups in total. The Kier molecular flexibility index (Phi) is 7.95. The van der Waals surface area contributed by atoms with Gasteiger partial charge in [0.25, 0.3) is 11.6 Å². The van der Waals surface area contributed by atoms with E-state index in [1.54, 1.807) is 0 Å². The van der Waals surface area contributed by atoms with Crippen molar-refractivity contribution in [1.29, 1.82) is 0 Å². The summed E-state index contributed by atoms with van der Waals surface area (Å²) in [4.78, 5) is 26.3. The average Bonchev–Trinajstić information content (AvgIpc) is 2.86. The number of carbonyl (C=O) groups is 1. The molecule has 3 aromatic rings. The molecule has 208 valence electrons. The Hall–Kier alpha value is -3.94. The molecule has 4 rings (SSSR count). The predicted molar refractivity (Wildman–Crippen MR) is 129 cm³/mol. The van der Waals surface area contributed by atoms with Crippen molar-refractivity contribution in [3.63, 3.8) is 0 Å². The van der Waals surface area contributed by atoms with Gasteiger partial charge in [-0.15, -0.1) is 0 Å². The van der Waals surface area contributed by atoms with Crippen LogP contribution in [0.1, 0.15) is 36.8 Å². The maximum Gasteiger partial charge on any atom is 0.423 e. The van der Waals surface area contributed by atoms with Crippen LogP contribution in [-0.2, 0) is 21.9 Å². The first kappa shape index (κ1) is 28.1. The minimum atomic E-state index is -4.87. The molecule has 14 heteroatoms. The zero-order chi connectivity index (χ0) is 28.4. The van der Waals surface area contributed by atoms with Crippen molar-refractivity contribution in [2.45, 2.75) is 50.2 Å². The number of rotatable bonds is 7. The smallest absolute Gasteiger partial charge is 0.382 e. The molecule has 1 saturated carbocycles. The normalized spacial score (nSPS) is 18.1. The minimum absolute atomic E-state index is 0.120. The fraction of sp³-hybridized carbons (Fsp3) is 0.360. The Morgan fingerprint density at radius 2 is 1.69 bits per heavy atom. The van der Waals surface area contributed by atoms with Crippen LogP contribution in [0.3, 0.4) is 0 Å². The summed E-state index contributed by atoms with van der Waals surface area (Å²) < 4.78 is 83.9. The molecule has 0 unspecified atom stereocenters. The van der Waals surface area contributed by atoms with Crippen molar-refractivity contribution in [3.8, 4) is 0 Å². The second-order valence-electron chi connectivity index (χ2n) is 9.07. The van der Waals surface area contributed by atoms with Gasteiger partial charge in [0.05, 0.1) is 22.1 Å². The molecule has 2 aromatic carbocycles. The first-order chi connectivity index (χ1) is 18.3. The number of nitrogens with zero attached hydrogens (tertiary/aromatic N) is 2. The van der Waals surface area contributed by atoms with Gasteiger partial charge >= 0.3 is 12.4 Å². The van der Waals surface area contributed by atoms with E-state index in [0.717, 1.165) is 24.3 Å². The number of hydrogen-bond donors (Lipinski definition) is 2. The summed E-state index contributed by atoms with van der Waals surface area (Å²) in [5.74, 6) is -0.343. The van der Waals surface area contributed by atoms with Crippen LogP contribution in [-0.4, -0.2) is 34.6 Å². The van der Waals surface area contributed by atoms with Gasteiger partial charge in [-0.05, 0) is 68.1 Å². The second kappa shape index (κ2) is 11.0. The van der Waals surface area contributed by atoms with Crippen LogP contribution in [0, 0.1) is 10.1 Å². The van der Waals surface area contributed by atoms with Gasteiger partial charge in [-0.3, -0.25) is 14.9 Å². The van der Waals surface area contributed by atoms with Crippen LogP contribution in [0.2, 0.25) is 0 Å². The van der Waals surface area contributed by atoms with E-state index >= 15 is 0 Å². The summed E-state index contributed by atoms with van der Waals surface area (Å²) in [7, 11) is 0. The lowest BCUT2D eigenvalue weighted by Crippen LogP contribution is -2.31. The lowest BCUT2D eigenvalue weighted by molar-refractivity contribution is -0.388. The van der Waals surface area contributed by atoms with Crippen LogP contribution in [0.5, 0.6) is 0 Å². The van der Waals surface area contributed by atoms with E-state index in [9.17, 15) is 41.3 Å².